The van der Waals surface area contributed by atoms with Gasteiger partial charge in [-0.3, -0.25) is 39.7 Å². The van der Waals surface area contributed by atoms with Gasteiger partial charge in [0.05, 0.1) is 11.8 Å². The van der Waals surface area contributed by atoms with Gasteiger partial charge in [-0.1, -0.05) is 43.5 Å². The molecule has 1 aromatic rings. The number of alkyl halides is 2. The van der Waals surface area contributed by atoms with Gasteiger partial charge in [0.2, 0.25) is 11.8 Å². The Kier molecular flexibility index (Phi) is 6.60. The molecule has 2 saturated carbocycles. The van der Waals surface area contributed by atoms with Crippen molar-refractivity contribution in [2.24, 2.45) is 23.7 Å². The van der Waals surface area contributed by atoms with E-state index in [0.29, 0.717) is 5.02 Å². The SMILES string of the molecule is O=C(COC(=O)CN1C(=O)[C@@H]2[C@H]3C[C@@H]([C@H](Br)[C@H]3Br)[C@H]2C1=O)NNC(=O)c1ccc(Cl)cc1. The number of imide groups is 1. The van der Waals surface area contributed by atoms with E-state index in [1.54, 1.807) is 0 Å². The molecule has 32 heavy (non-hydrogen) atoms. The molecule has 2 N–H and O–H groups in total. The fourth-order valence-electron chi connectivity index (χ4n) is 4.72. The van der Waals surface area contributed by atoms with Crippen LogP contribution in [0.4, 0.5) is 0 Å². The van der Waals surface area contributed by atoms with Crippen LogP contribution in [0, 0.1) is 23.7 Å². The Morgan fingerprint density at radius 1 is 1.00 bits per heavy atom. The minimum Gasteiger partial charge on any atom is -0.454 e. The van der Waals surface area contributed by atoms with Gasteiger partial charge >= 0.3 is 5.97 Å². The van der Waals surface area contributed by atoms with Crippen molar-refractivity contribution < 1.29 is 28.7 Å². The second-order valence-electron chi connectivity index (χ2n) is 7.94. The summed E-state index contributed by atoms with van der Waals surface area (Å²) in [4.78, 5) is 62.6. The second kappa shape index (κ2) is 9.11. The number of nitrogens with zero attached hydrogens (tertiary/aromatic N) is 1. The maximum Gasteiger partial charge on any atom is 0.326 e. The summed E-state index contributed by atoms with van der Waals surface area (Å²) in [5, 5.41) is 0.461. The topological polar surface area (TPSA) is 122 Å². The molecule has 4 amide bonds. The smallest absolute Gasteiger partial charge is 0.326 e. The molecule has 0 spiro atoms. The minimum absolute atomic E-state index is 0.0434. The zero-order valence-electron chi connectivity index (χ0n) is 16.4. The highest BCUT2D eigenvalue weighted by molar-refractivity contribution is 9.12. The number of benzene rings is 1. The number of amides is 4. The zero-order chi connectivity index (χ0) is 23.2. The first-order valence-electron chi connectivity index (χ1n) is 9.82. The van der Waals surface area contributed by atoms with Crippen molar-refractivity contribution in [2.75, 3.05) is 13.2 Å². The zero-order valence-corrected chi connectivity index (χ0v) is 20.4. The Morgan fingerprint density at radius 3 is 2.12 bits per heavy atom. The third kappa shape index (κ3) is 4.17. The summed E-state index contributed by atoms with van der Waals surface area (Å²) in [7, 11) is 0. The van der Waals surface area contributed by atoms with E-state index in [1.807, 2.05) is 0 Å². The summed E-state index contributed by atoms with van der Waals surface area (Å²) in [6.07, 6.45) is 0.791. The molecule has 0 unspecified atom stereocenters. The number of ether oxygens (including phenoxy) is 1. The number of hydrazine groups is 1. The predicted octanol–water partition coefficient (Wildman–Crippen LogP) is 1.42. The molecular formula is C20H18Br2ClN3O6. The van der Waals surface area contributed by atoms with Crippen molar-refractivity contribution in [1.29, 1.82) is 0 Å². The van der Waals surface area contributed by atoms with Crippen molar-refractivity contribution in [3.05, 3.63) is 34.9 Å². The highest BCUT2D eigenvalue weighted by atomic mass is 79.9. The molecule has 2 bridgehead atoms. The molecule has 3 fully saturated rings. The molecule has 1 aromatic carbocycles. The Balaban J connectivity index is 1.24. The van der Waals surface area contributed by atoms with E-state index < -0.39 is 42.8 Å². The molecule has 3 aliphatic rings. The van der Waals surface area contributed by atoms with Crippen LogP contribution in [0.5, 0.6) is 0 Å². The van der Waals surface area contributed by atoms with Crippen molar-refractivity contribution >= 4 is 73.1 Å². The Labute approximate surface area is 204 Å². The molecule has 1 heterocycles. The number of hydrogen-bond donors (Lipinski definition) is 2. The number of nitrogens with one attached hydrogen (secondary N) is 2. The van der Waals surface area contributed by atoms with Crippen molar-refractivity contribution in [2.45, 2.75) is 16.1 Å². The van der Waals surface area contributed by atoms with Crippen molar-refractivity contribution in [1.82, 2.24) is 15.8 Å². The molecule has 0 aromatic heterocycles. The number of rotatable bonds is 5. The van der Waals surface area contributed by atoms with Gasteiger partial charge < -0.3 is 4.74 Å². The first kappa shape index (κ1) is 23.2. The maximum atomic E-state index is 12.8. The van der Waals surface area contributed by atoms with E-state index in [4.69, 9.17) is 16.3 Å². The molecule has 0 radical (unpaired) electrons. The monoisotopic (exact) mass is 589 g/mol. The predicted molar refractivity (Wildman–Crippen MR) is 119 cm³/mol. The first-order chi connectivity index (χ1) is 15.2. The van der Waals surface area contributed by atoms with E-state index in [1.165, 1.54) is 24.3 Å². The summed E-state index contributed by atoms with van der Waals surface area (Å²) in [5.74, 6) is -3.74. The molecule has 12 heteroatoms. The lowest BCUT2D eigenvalue weighted by atomic mass is 9.81. The molecule has 6 atom stereocenters. The van der Waals surface area contributed by atoms with E-state index in [-0.39, 0.29) is 38.9 Å². The number of esters is 1. The van der Waals surface area contributed by atoms with E-state index in [0.717, 1.165) is 11.3 Å². The maximum absolute atomic E-state index is 12.8. The lowest BCUT2D eigenvalue weighted by Crippen LogP contribution is -2.44. The van der Waals surface area contributed by atoms with Gasteiger partial charge in [0.1, 0.15) is 6.54 Å². The lowest BCUT2D eigenvalue weighted by Gasteiger charge is -2.28. The van der Waals surface area contributed by atoms with Crippen LogP contribution in [0.3, 0.4) is 0 Å². The number of carbonyl (C=O) groups is 5. The number of carbonyl (C=O) groups excluding carboxylic acids is 5. The van der Waals surface area contributed by atoms with Gasteiger partial charge in [-0.15, -0.1) is 0 Å². The van der Waals surface area contributed by atoms with Crippen LogP contribution in [0.1, 0.15) is 16.8 Å². The first-order valence-corrected chi connectivity index (χ1v) is 12.0. The van der Waals surface area contributed by atoms with E-state index >= 15 is 0 Å². The van der Waals surface area contributed by atoms with Gasteiger partial charge in [0.15, 0.2) is 6.61 Å². The van der Waals surface area contributed by atoms with Crippen LogP contribution >= 0.6 is 43.5 Å². The number of halogens is 3. The Hall–Kier alpha value is -1.98. The summed E-state index contributed by atoms with van der Waals surface area (Å²) in [5.41, 5.74) is 4.57. The van der Waals surface area contributed by atoms with Crippen LogP contribution < -0.4 is 10.9 Å². The van der Waals surface area contributed by atoms with Crippen LogP contribution in [-0.2, 0) is 23.9 Å². The molecule has 1 aliphatic heterocycles. The number of hydrogen-bond acceptors (Lipinski definition) is 6. The molecule has 1 saturated heterocycles. The van der Waals surface area contributed by atoms with Gasteiger partial charge in [0, 0.05) is 20.2 Å². The standard InChI is InChI=1S/C20H18Br2ClN3O6/c21-16-10-5-11(17(16)22)15-14(10)19(30)26(20(15)31)6-13(28)32-7-12(27)24-25-18(29)8-1-3-9(23)4-2-8/h1-4,10-11,14-17H,5-7H2,(H,24,27)(H,25,29)/t10-,11-,14-,15-,16+,17+/m1/s1. The van der Waals surface area contributed by atoms with Gasteiger partial charge in [-0.05, 0) is 42.5 Å². The van der Waals surface area contributed by atoms with Crippen LogP contribution in [0.15, 0.2) is 24.3 Å². The fraction of sp³-hybridized carbons (Fsp3) is 0.450. The average Bonchev–Trinajstić information content (AvgIpc) is 3.37. The summed E-state index contributed by atoms with van der Waals surface area (Å²) in [6.45, 7) is -1.23. The van der Waals surface area contributed by atoms with Gasteiger partial charge in [-0.25, -0.2) is 0 Å². The number of likely N-dealkylation sites (tertiary alicyclic amines) is 1. The molecule has 170 valence electrons. The Morgan fingerprint density at radius 2 is 1.56 bits per heavy atom. The Bertz CT molecular complexity index is 958. The molecule has 9 nitrogen and oxygen atoms in total. The van der Waals surface area contributed by atoms with Gasteiger partial charge in [-0.2, -0.15) is 0 Å². The third-order valence-corrected chi connectivity index (χ3v) is 9.61. The van der Waals surface area contributed by atoms with Crippen molar-refractivity contribution in [3.8, 4) is 0 Å². The lowest BCUT2D eigenvalue weighted by molar-refractivity contribution is -0.155. The fourth-order valence-corrected chi connectivity index (χ4v) is 6.72. The second-order valence-corrected chi connectivity index (χ2v) is 10.5. The minimum atomic E-state index is -0.885. The number of fused-ring (bicyclic) bond motifs is 5. The summed E-state index contributed by atoms with van der Waals surface area (Å²) < 4.78 is 4.87. The highest BCUT2D eigenvalue weighted by Gasteiger charge is 2.66. The van der Waals surface area contributed by atoms with Crippen LogP contribution in [0.2, 0.25) is 5.02 Å². The summed E-state index contributed by atoms with van der Waals surface area (Å²) >= 11 is 12.9. The molecular weight excluding hydrogens is 573 g/mol. The average molecular weight is 592 g/mol. The van der Waals surface area contributed by atoms with Crippen LogP contribution in [-0.4, -0.2) is 57.3 Å². The largest absolute Gasteiger partial charge is 0.454 e. The third-order valence-electron chi connectivity index (χ3n) is 6.15. The normalized spacial score (nSPS) is 30.3. The molecule has 2 aliphatic carbocycles. The van der Waals surface area contributed by atoms with E-state index in [2.05, 4.69) is 42.7 Å². The van der Waals surface area contributed by atoms with E-state index in [9.17, 15) is 24.0 Å². The quantitative estimate of drug-likeness (QED) is 0.231. The van der Waals surface area contributed by atoms with Gasteiger partial charge in [0.25, 0.3) is 11.8 Å². The van der Waals surface area contributed by atoms with Crippen molar-refractivity contribution in [3.63, 3.8) is 0 Å². The summed E-state index contributed by atoms with van der Waals surface area (Å²) in [6, 6.07) is 6.00. The van der Waals surface area contributed by atoms with Crippen LogP contribution in [0.25, 0.3) is 0 Å². The highest BCUT2D eigenvalue weighted by Crippen LogP contribution is 2.60. The molecule has 4 rings (SSSR count).